The number of hydrogen-bond donors (Lipinski definition) is 1. The third kappa shape index (κ3) is 1.84. The van der Waals surface area contributed by atoms with E-state index < -0.39 is 0 Å². The highest BCUT2D eigenvalue weighted by molar-refractivity contribution is 7.13. The van der Waals surface area contributed by atoms with Crippen molar-refractivity contribution in [3.63, 3.8) is 0 Å². The first-order chi connectivity index (χ1) is 6.29. The number of anilines is 1. The lowest BCUT2D eigenvalue weighted by Crippen LogP contribution is -2.20. The summed E-state index contributed by atoms with van der Waals surface area (Å²) >= 11 is 1.68. The van der Waals surface area contributed by atoms with Gasteiger partial charge >= 0.3 is 0 Å². The first-order valence-electron chi connectivity index (χ1n) is 4.67. The van der Waals surface area contributed by atoms with Crippen LogP contribution in [0, 0.1) is 0 Å². The van der Waals surface area contributed by atoms with Gasteiger partial charge in [-0.2, -0.15) is 0 Å². The molecule has 1 aromatic heterocycles. The Balaban J connectivity index is 2.08. The van der Waals surface area contributed by atoms with Gasteiger partial charge in [-0.25, -0.2) is 4.98 Å². The molecule has 0 amide bonds. The summed E-state index contributed by atoms with van der Waals surface area (Å²) in [6, 6.07) is 0. The highest BCUT2D eigenvalue weighted by Gasteiger charge is 2.22. The quantitative estimate of drug-likeness (QED) is 0.777. The van der Waals surface area contributed by atoms with Crippen molar-refractivity contribution in [2.24, 2.45) is 0 Å². The average molecular weight is 198 g/mol. The zero-order valence-corrected chi connectivity index (χ0v) is 8.55. The SMILES string of the molecule is CCc1csc(N2CC[C@@H](O)C2)n1. The molecule has 1 aliphatic heterocycles. The summed E-state index contributed by atoms with van der Waals surface area (Å²) in [5.74, 6) is 0. The number of rotatable bonds is 2. The van der Waals surface area contributed by atoms with Gasteiger partial charge < -0.3 is 10.0 Å². The van der Waals surface area contributed by atoms with Gasteiger partial charge in [-0.15, -0.1) is 11.3 Å². The lowest BCUT2D eigenvalue weighted by Gasteiger charge is -2.12. The van der Waals surface area contributed by atoms with E-state index in [1.807, 2.05) is 0 Å². The highest BCUT2D eigenvalue weighted by Crippen LogP contribution is 2.24. The Kier molecular flexibility index (Phi) is 2.51. The Morgan fingerprint density at radius 1 is 1.77 bits per heavy atom. The van der Waals surface area contributed by atoms with Crippen LogP contribution < -0.4 is 4.90 Å². The zero-order valence-electron chi connectivity index (χ0n) is 7.73. The molecule has 0 radical (unpaired) electrons. The highest BCUT2D eigenvalue weighted by atomic mass is 32.1. The third-order valence-electron chi connectivity index (χ3n) is 2.34. The van der Waals surface area contributed by atoms with Crippen LogP contribution in [0.1, 0.15) is 19.0 Å². The van der Waals surface area contributed by atoms with Crippen LogP contribution in [-0.2, 0) is 6.42 Å². The van der Waals surface area contributed by atoms with Gasteiger partial charge in [0.1, 0.15) is 0 Å². The fourth-order valence-corrected chi connectivity index (χ4v) is 2.47. The molecule has 72 valence electrons. The molecule has 1 aromatic rings. The van der Waals surface area contributed by atoms with Gasteiger partial charge in [-0.1, -0.05) is 6.92 Å². The molecule has 2 rings (SSSR count). The summed E-state index contributed by atoms with van der Waals surface area (Å²) in [6.07, 6.45) is 1.71. The molecular formula is C9H14N2OS. The molecule has 1 fully saturated rings. The summed E-state index contributed by atoms with van der Waals surface area (Å²) in [6.45, 7) is 3.80. The summed E-state index contributed by atoms with van der Waals surface area (Å²) in [5.41, 5.74) is 1.15. The lowest BCUT2D eigenvalue weighted by atomic mass is 10.3. The molecular weight excluding hydrogens is 184 g/mol. The largest absolute Gasteiger partial charge is 0.391 e. The van der Waals surface area contributed by atoms with Gasteiger partial charge in [0.15, 0.2) is 5.13 Å². The van der Waals surface area contributed by atoms with Crippen molar-refractivity contribution in [3.05, 3.63) is 11.1 Å². The fraction of sp³-hybridized carbons (Fsp3) is 0.667. The second-order valence-electron chi connectivity index (χ2n) is 3.36. The van der Waals surface area contributed by atoms with Crippen LogP contribution in [0.3, 0.4) is 0 Å². The van der Waals surface area contributed by atoms with E-state index in [0.717, 1.165) is 36.8 Å². The molecule has 1 atom stereocenters. The van der Waals surface area contributed by atoms with E-state index in [9.17, 15) is 5.11 Å². The Morgan fingerprint density at radius 2 is 2.62 bits per heavy atom. The molecule has 0 spiro atoms. The maximum absolute atomic E-state index is 9.36. The first kappa shape index (κ1) is 8.97. The first-order valence-corrected chi connectivity index (χ1v) is 5.55. The topological polar surface area (TPSA) is 36.4 Å². The number of aryl methyl sites for hydroxylation is 1. The van der Waals surface area contributed by atoms with Gasteiger partial charge in [-0.3, -0.25) is 0 Å². The number of hydrogen-bond acceptors (Lipinski definition) is 4. The summed E-state index contributed by atoms with van der Waals surface area (Å²) in [7, 11) is 0. The fourth-order valence-electron chi connectivity index (χ4n) is 1.52. The van der Waals surface area contributed by atoms with E-state index in [1.165, 1.54) is 0 Å². The Morgan fingerprint density at radius 3 is 3.15 bits per heavy atom. The molecule has 3 nitrogen and oxygen atoms in total. The van der Waals surface area contributed by atoms with E-state index in [2.05, 4.69) is 22.2 Å². The molecule has 0 unspecified atom stereocenters. The van der Waals surface area contributed by atoms with Gasteiger partial charge in [0.25, 0.3) is 0 Å². The predicted molar refractivity (Wildman–Crippen MR) is 54.3 cm³/mol. The van der Waals surface area contributed by atoms with Crippen LogP contribution in [0.4, 0.5) is 5.13 Å². The van der Waals surface area contributed by atoms with Crippen LogP contribution in [0.25, 0.3) is 0 Å². The van der Waals surface area contributed by atoms with Gasteiger partial charge in [-0.05, 0) is 12.8 Å². The van der Waals surface area contributed by atoms with Crippen LogP contribution >= 0.6 is 11.3 Å². The van der Waals surface area contributed by atoms with Gasteiger partial charge in [0, 0.05) is 18.5 Å². The van der Waals surface area contributed by atoms with Gasteiger partial charge in [0.2, 0.25) is 0 Å². The van der Waals surface area contributed by atoms with Crippen LogP contribution in [0.2, 0.25) is 0 Å². The molecule has 2 heterocycles. The lowest BCUT2D eigenvalue weighted by molar-refractivity contribution is 0.198. The maximum Gasteiger partial charge on any atom is 0.185 e. The zero-order chi connectivity index (χ0) is 9.26. The second kappa shape index (κ2) is 3.64. The summed E-state index contributed by atoms with van der Waals surface area (Å²) in [4.78, 5) is 6.64. The predicted octanol–water partition coefficient (Wildman–Crippen LogP) is 1.28. The minimum absolute atomic E-state index is 0.158. The van der Waals surface area contributed by atoms with Crippen molar-refractivity contribution in [1.82, 2.24) is 4.98 Å². The third-order valence-corrected chi connectivity index (χ3v) is 3.29. The van der Waals surface area contributed by atoms with Crippen molar-refractivity contribution in [3.8, 4) is 0 Å². The average Bonchev–Trinajstić information content (AvgIpc) is 2.71. The summed E-state index contributed by atoms with van der Waals surface area (Å²) < 4.78 is 0. The molecule has 13 heavy (non-hydrogen) atoms. The van der Waals surface area contributed by atoms with Crippen molar-refractivity contribution in [1.29, 1.82) is 0 Å². The number of aliphatic hydroxyl groups excluding tert-OH is 1. The van der Waals surface area contributed by atoms with E-state index in [0.29, 0.717) is 0 Å². The van der Waals surface area contributed by atoms with Crippen molar-refractivity contribution in [2.75, 3.05) is 18.0 Å². The molecule has 1 aliphatic rings. The Labute approximate surface area is 82.0 Å². The monoisotopic (exact) mass is 198 g/mol. The molecule has 1 N–H and O–H groups in total. The van der Waals surface area contributed by atoms with Crippen molar-refractivity contribution in [2.45, 2.75) is 25.9 Å². The van der Waals surface area contributed by atoms with Gasteiger partial charge in [0.05, 0.1) is 11.8 Å². The molecule has 4 heteroatoms. The van der Waals surface area contributed by atoms with E-state index >= 15 is 0 Å². The molecule has 0 bridgehead atoms. The van der Waals surface area contributed by atoms with Crippen LogP contribution in [-0.4, -0.2) is 29.3 Å². The number of β-amino-alcohol motifs (C(OH)–C–C–N with tert-alkyl or cyclic N) is 1. The minimum atomic E-state index is -0.158. The van der Waals surface area contributed by atoms with E-state index in [-0.39, 0.29) is 6.10 Å². The van der Waals surface area contributed by atoms with Crippen molar-refractivity contribution < 1.29 is 5.11 Å². The number of nitrogens with zero attached hydrogens (tertiary/aromatic N) is 2. The maximum atomic E-state index is 9.36. The molecule has 0 saturated carbocycles. The number of aromatic nitrogens is 1. The number of thiazole rings is 1. The Hall–Kier alpha value is -0.610. The van der Waals surface area contributed by atoms with E-state index in [4.69, 9.17) is 0 Å². The summed E-state index contributed by atoms with van der Waals surface area (Å²) in [5, 5.41) is 12.5. The molecule has 0 aliphatic carbocycles. The Bertz CT molecular complexity index is 287. The number of aliphatic hydroxyl groups is 1. The second-order valence-corrected chi connectivity index (χ2v) is 4.20. The van der Waals surface area contributed by atoms with Crippen LogP contribution in [0.15, 0.2) is 5.38 Å². The van der Waals surface area contributed by atoms with E-state index in [1.54, 1.807) is 11.3 Å². The van der Waals surface area contributed by atoms with Crippen LogP contribution in [0.5, 0.6) is 0 Å². The minimum Gasteiger partial charge on any atom is -0.391 e. The molecule has 0 aromatic carbocycles. The smallest absolute Gasteiger partial charge is 0.185 e. The van der Waals surface area contributed by atoms with Crippen molar-refractivity contribution >= 4 is 16.5 Å². The molecule has 1 saturated heterocycles. The standard InChI is InChI=1S/C9H14N2OS/c1-2-7-6-13-9(10-7)11-4-3-8(12)5-11/h6,8,12H,2-5H2,1H3/t8-/m1/s1. The normalized spacial score (nSPS) is 22.6.